The van der Waals surface area contributed by atoms with Crippen LogP contribution in [0.5, 0.6) is 0 Å². The van der Waals surface area contributed by atoms with Crippen molar-refractivity contribution in [2.75, 3.05) is 0 Å². The average Bonchev–Trinajstić information content (AvgIpc) is 2.83. The summed E-state index contributed by atoms with van der Waals surface area (Å²) in [6.45, 7) is 2.27. The molecule has 1 nitrogen and oxygen atoms in total. The highest BCUT2D eigenvalue weighted by Gasteiger charge is 2.27. The van der Waals surface area contributed by atoms with Crippen LogP contribution in [0.3, 0.4) is 0 Å². The molecule has 0 saturated heterocycles. The molecule has 102 valence electrons. The van der Waals surface area contributed by atoms with Gasteiger partial charge in [0.2, 0.25) is 0 Å². The van der Waals surface area contributed by atoms with Gasteiger partial charge in [0.15, 0.2) is 0 Å². The molecule has 1 heterocycles. The Morgan fingerprint density at radius 3 is 2.61 bits per heavy atom. The average molecular weight is 331 g/mol. The van der Waals surface area contributed by atoms with Crippen molar-refractivity contribution >= 4 is 27.3 Å². The monoisotopic (exact) mass is 330 g/mol. The summed E-state index contributed by atoms with van der Waals surface area (Å²) in [6.07, 6.45) is 8.86. The minimum absolute atomic E-state index is 0.242. The number of hydrogen-bond acceptors (Lipinski definition) is 2. The molecule has 0 bridgehead atoms. The fraction of sp³-hybridized carbons (Fsp3) is 0.733. The van der Waals surface area contributed by atoms with Gasteiger partial charge in [0.1, 0.15) is 0 Å². The zero-order valence-electron chi connectivity index (χ0n) is 11.1. The quantitative estimate of drug-likeness (QED) is 0.751. The molecule has 1 aliphatic carbocycles. The molecule has 1 aliphatic rings. The van der Waals surface area contributed by atoms with E-state index in [4.69, 9.17) is 0 Å². The van der Waals surface area contributed by atoms with Crippen molar-refractivity contribution in [3.05, 3.63) is 20.8 Å². The van der Waals surface area contributed by atoms with Crippen LogP contribution in [0.1, 0.15) is 62.9 Å². The minimum atomic E-state index is -0.242. The maximum absolute atomic E-state index is 10.4. The van der Waals surface area contributed by atoms with E-state index in [9.17, 15) is 5.11 Å². The SMILES string of the molecule is CCCCC1CCC(C(O)c2ccc(Br)s2)CC1. The highest BCUT2D eigenvalue weighted by atomic mass is 79.9. The predicted octanol–water partition coefficient (Wildman–Crippen LogP) is 5.54. The fourth-order valence-electron chi connectivity index (χ4n) is 3.00. The van der Waals surface area contributed by atoms with Crippen molar-refractivity contribution in [1.29, 1.82) is 0 Å². The van der Waals surface area contributed by atoms with Crippen LogP contribution >= 0.6 is 27.3 Å². The van der Waals surface area contributed by atoms with E-state index in [1.54, 1.807) is 11.3 Å². The van der Waals surface area contributed by atoms with E-state index in [0.29, 0.717) is 5.92 Å². The Labute approximate surface area is 123 Å². The van der Waals surface area contributed by atoms with Crippen molar-refractivity contribution in [3.8, 4) is 0 Å². The normalized spacial score (nSPS) is 26.2. The third kappa shape index (κ3) is 3.82. The largest absolute Gasteiger partial charge is 0.387 e. The molecule has 0 radical (unpaired) electrons. The van der Waals surface area contributed by atoms with Crippen LogP contribution < -0.4 is 0 Å². The molecular formula is C15H23BrOS. The van der Waals surface area contributed by atoms with E-state index in [1.165, 1.54) is 44.9 Å². The number of aliphatic hydroxyl groups excluding tert-OH is 1. The van der Waals surface area contributed by atoms with Crippen LogP contribution in [0.25, 0.3) is 0 Å². The predicted molar refractivity (Wildman–Crippen MR) is 82.0 cm³/mol. The Balaban J connectivity index is 1.82. The molecule has 1 unspecified atom stereocenters. The lowest BCUT2D eigenvalue weighted by molar-refractivity contribution is 0.0748. The van der Waals surface area contributed by atoms with Gasteiger partial charge in [0, 0.05) is 4.88 Å². The first-order chi connectivity index (χ1) is 8.70. The van der Waals surface area contributed by atoms with Gasteiger partial charge in [-0.15, -0.1) is 11.3 Å². The summed E-state index contributed by atoms with van der Waals surface area (Å²) in [5.41, 5.74) is 0. The minimum Gasteiger partial charge on any atom is -0.387 e. The van der Waals surface area contributed by atoms with Gasteiger partial charge >= 0.3 is 0 Å². The number of unbranched alkanes of at least 4 members (excludes halogenated alkanes) is 1. The topological polar surface area (TPSA) is 20.2 Å². The molecule has 1 saturated carbocycles. The molecule has 0 aromatic carbocycles. The molecule has 1 atom stereocenters. The highest BCUT2D eigenvalue weighted by Crippen LogP contribution is 2.40. The Kier molecular flexibility index (Phi) is 5.71. The van der Waals surface area contributed by atoms with E-state index in [0.717, 1.165) is 14.6 Å². The molecule has 0 spiro atoms. The standard InChI is InChI=1S/C15H23BrOS/c1-2-3-4-11-5-7-12(8-6-11)15(17)13-9-10-14(16)18-13/h9-12,15,17H,2-8H2,1H3. The molecule has 1 aromatic rings. The fourth-order valence-corrected chi connectivity index (χ4v) is 4.51. The molecule has 0 amide bonds. The summed E-state index contributed by atoms with van der Waals surface area (Å²) >= 11 is 5.14. The Hall–Kier alpha value is 0.140. The maximum Gasteiger partial charge on any atom is 0.0910 e. The molecule has 1 aromatic heterocycles. The summed E-state index contributed by atoms with van der Waals surface area (Å²) in [5, 5.41) is 10.4. The second-order valence-corrected chi connectivity index (χ2v) is 8.00. The first kappa shape index (κ1) is 14.5. The number of halogens is 1. The summed E-state index contributed by atoms with van der Waals surface area (Å²) in [7, 11) is 0. The summed E-state index contributed by atoms with van der Waals surface area (Å²) in [5.74, 6) is 1.40. The number of aliphatic hydroxyl groups is 1. The molecule has 0 aliphatic heterocycles. The van der Waals surface area contributed by atoms with Gasteiger partial charge in [0.05, 0.1) is 9.89 Å². The van der Waals surface area contributed by atoms with Crippen LogP contribution in [0.4, 0.5) is 0 Å². The van der Waals surface area contributed by atoms with Crippen LogP contribution in [-0.2, 0) is 0 Å². The van der Waals surface area contributed by atoms with Gasteiger partial charge in [-0.05, 0) is 52.7 Å². The van der Waals surface area contributed by atoms with E-state index in [2.05, 4.69) is 28.9 Å². The summed E-state index contributed by atoms with van der Waals surface area (Å²) < 4.78 is 1.12. The van der Waals surface area contributed by atoms with Gasteiger partial charge in [-0.3, -0.25) is 0 Å². The number of thiophene rings is 1. The first-order valence-corrected chi connectivity index (χ1v) is 8.75. The van der Waals surface area contributed by atoms with Crippen molar-refractivity contribution in [3.63, 3.8) is 0 Å². The number of rotatable bonds is 5. The van der Waals surface area contributed by atoms with Crippen molar-refractivity contribution < 1.29 is 5.11 Å². The second-order valence-electron chi connectivity index (χ2n) is 5.51. The maximum atomic E-state index is 10.4. The molecule has 1 fully saturated rings. The number of hydrogen-bond donors (Lipinski definition) is 1. The van der Waals surface area contributed by atoms with E-state index < -0.39 is 0 Å². The Morgan fingerprint density at radius 2 is 2.06 bits per heavy atom. The smallest absolute Gasteiger partial charge is 0.0910 e. The second kappa shape index (κ2) is 7.06. The zero-order valence-corrected chi connectivity index (χ0v) is 13.5. The van der Waals surface area contributed by atoms with Crippen molar-refractivity contribution in [2.24, 2.45) is 11.8 Å². The first-order valence-electron chi connectivity index (χ1n) is 7.14. The van der Waals surface area contributed by atoms with E-state index >= 15 is 0 Å². The van der Waals surface area contributed by atoms with Gasteiger partial charge in [-0.25, -0.2) is 0 Å². The van der Waals surface area contributed by atoms with Crippen molar-refractivity contribution in [1.82, 2.24) is 0 Å². The van der Waals surface area contributed by atoms with Gasteiger partial charge in [-0.2, -0.15) is 0 Å². The van der Waals surface area contributed by atoms with Gasteiger partial charge in [0.25, 0.3) is 0 Å². The molecule has 2 rings (SSSR count). The summed E-state index contributed by atoms with van der Waals surface area (Å²) in [6, 6.07) is 4.10. The molecule has 1 N–H and O–H groups in total. The third-order valence-electron chi connectivity index (χ3n) is 4.19. The van der Waals surface area contributed by atoms with Gasteiger partial charge in [-0.1, -0.05) is 39.0 Å². The molecular weight excluding hydrogens is 308 g/mol. The molecule has 3 heteroatoms. The Bertz CT molecular complexity index is 355. The van der Waals surface area contributed by atoms with Gasteiger partial charge < -0.3 is 5.11 Å². The van der Waals surface area contributed by atoms with E-state index in [-0.39, 0.29) is 6.10 Å². The third-order valence-corrected chi connectivity index (χ3v) is 5.88. The Morgan fingerprint density at radius 1 is 1.33 bits per heavy atom. The lowest BCUT2D eigenvalue weighted by Gasteiger charge is -2.31. The van der Waals surface area contributed by atoms with Crippen LogP contribution in [0.15, 0.2) is 15.9 Å². The lowest BCUT2D eigenvalue weighted by atomic mass is 9.77. The molecule has 18 heavy (non-hydrogen) atoms. The van der Waals surface area contributed by atoms with E-state index in [1.807, 2.05) is 6.07 Å². The summed E-state index contributed by atoms with van der Waals surface area (Å²) in [4.78, 5) is 1.12. The van der Waals surface area contributed by atoms with Crippen molar-refractivity contribution in [2.45, 2.75) is 58.0 Å². The van der Waals surface area contributed by atoms with Crippen LogP contribution in [0, 0.1) is 11.8 Å². The lowest BCUT2D eigenvalue weighted by Crippen LogP contribution is -2.20. The van der Waals surface area contributed by atoms with Crippen LogP contribution in [-0.4, -0.2) is 5.11 Å². The highest BCUT2D eigenvalue weighted by molar-refractivity contribution is 9.11. The van der Waals surface area contributed by atoms with Crippen LogP contribution in [0.2, 0.25) is 0 Å². The zero-order chi connectivity index (χ0) is 13.0.